The molecule has 110 valence electrons. The van der Waals surface area contributed by atoms with E-state index in [-0.39, 0.29) is 11.8 Å². The van der Waals surface area contributed by atoms with Crippen molar-refractivity contribution in [3.8, 4) is 11.5 Å². The van der Waals surface area contributed by atoms with Crippen molar-refractivity contribution in [2.75, 3.05) is 20.8 Å². The zero-order chi connectivity index (χ0) is 14.7. The molecule has 0 N–H and O–H groups in total. The number of fused-ring (bicyclic) bond motifs is 1. The zero-order valence-corrected chi connectivity index (χ0v) is 12.7. The lowest BCUT2D eigenvalue weighted by Gasteiger charge is -2.22. The van der Waals surface area contributed by atoms with Crippen molar-refractivity contribution in [3.05, 3.63) is 23.3 Å². The summed E-state index contributed by atoms with van der Waals surface area (Å²) in [7, 11) is 3.28. The Morgan fingerprint density at radius 1 is 1.20 bits per heavy atom. The molecule has 0 bridgehead atoms. The minimum absolute atomic E-state index is 0.0147. The minimum atomic E-state index is 0.0147. The van der Waals surface area contributed by atoms with Crippen LogP contribution in [0.25, 0.3) is 0 Å². The summed E-state index contributed by atoms with van der Waals surface area (Å²) in [6, 6.07) is 4.01. The molecule has 1 heterocycles. The number of carbonyl (C=O) groups is 1. The molecule has 1 aliphatic heterocycles. The number of rotatable bonds is 4. The fourth-order valence-corrected chi connectivity index (χ4v) is 2.77. The second-order valence-corrected chi connectivity index (χ2v) is 5.34. The van der Waals surface area contributed by atoms with E-state index in [2.05, 4.69) is 6.92 Å². The second kappa shape index (κ2) is 6.16. The quantitative estimate of drug-likeness (QED) is 0.849. The van der Waals surface area contributed by atoms with Crippen LogP contribution in [0.4, 0.5) is 0 Å². The fourth-order valence-electron chi connectivity index (χ4n) is 2.77. The summed E-state index contributed by atoms with van der Waals surface area (Å²) < 4.78 is 10.7. The van der Waals surface area contributed by atoms with Crippen LogP contribution >= 0.6 is 0 Å². The predicted octanol–water partition coefficient (Wildman–Crippen LogP) is 2.63. The number of nitrogens with zero attached hydrogens (tertiary/aromatic N) is 1. The topological polar surface area (TPSA) is 38.8 Å². The van der Waals surface area contributed by atoms with E-state index in [0.29, 0.717) is 6.54 Å². The van der Waals surface area contributed by atoms with E-state index in [9.17, 15) is 4.79 Å². The van der Waals surface area contributed by atoms with Gasteiger partial charge in [0.05, 0.1) is 14.2 Å². The van der Waals surface area contributed by atoms with E-state index in [1.54, 1.807) is 14.2 Å². The number of methoxy groups -OCH3 is 2. The van der Waals surface area contributed by atoms with Gasteiger partial charge in [-0.05, 0) is 36.1 Å². The molecule has 4 heteroatoms. The molecule has 1 aliphatic rings. The molecule has 4 nitrogen and oxygen atoms in total. The van der Waals surface area contributed by atoms with Gasteiger partial charge in [-0.25, -0.2) is 0 Å². The van der Waals surface area contributed by atoms with Gasteiger partial charge in [-0.3, -0.25) is 4.79 Å². The van der Waals surface area contributed by atoms with E-state index in [1.807, 2.05) is 24.0 Å². The molecule has 0 aliphatic carbocycles. The smallest absolute Gasteiger partial charge is 0.226 e. The largest absolute Gasteiger partial charge is 0.493 e. The molecule has 0 spiro atoms. The van der Waals surface area contributed by atoms with Crippen molar-refractivity contribution in [2.24, 2.45) is 5.92 Å². The number of hydrogen-bond donors (Lipinski definition) is 0. The molecule has 0 radical (unpaired) electrons. The van der Waals surface area contributed by atoms with Gasteiger partial charge in [0.15, 0.2) is 11.5 Å². The van der Waals surface area contributed by atoms with Crippen molar-refractivity contribution in [3.63, 3.8) is 0 Å². The summed E-state index contributed by atoms with van der Waals surface area (Å²) in [6.45, 7) is 5.55. The fraction of sp³-hybridized carbons (Fsp3) is 0.562. The first-order chi connectivity index (χ1) is 9.60. The van der Waals surface area contributed by atoms with Gasteiger partial charge >= 0.3 is 0 Å². The summed E-state index contributed by atoms with van der Waals surface area (Å²) in [5, 5.41) is 0. The summed E-state index contributed by atoms with van der Waals surface area (Å²) in [5.74, 6) is 1.71. The highest BCUT2D eigenvalue weighted by molar-refractivity contribution is 5.79. The second-order valence-electron chi connectivity index (χ2n) is 5.34. The lowest BCUT2D eigenvalue weighted by atomic mass is 9.98. The average molecular weight is 277 g/mol. The van der Waals surface area contributed by atoms with Gasteiger partial charge in [-0.2, -0.15) is 0 Å². The number of amides is 1. The number of benzene rings is 1. The minimum Gasteiger partial charge on any atom is -0.493 e. The van der Waals surface area contributed by atoms with Crippen LogP contribution in [-0.4, -0.2) is 31.6 Å². The Hall–Kier alpha value is -1.71. The highest BCUT2D eigenvalue weighted by Gasteiger charge is 2.27. The third kappa shape index (κ3) is 2.74. The van der Waals surface area contributed by atoms with Crippen molar-refractivity contribution < 1.29 is 14.3 Å². The molecule has 0 saturated carbocycles. The Kier molecular flexibility index (Phi) is 4.53. The highest BCUT2D eigenvalue weighted by atomic mass is 16.5. The first kappa shape index (κ1) is 14.7. The molecule has 1 aromatic carbocycles. The predicted molar refractivity (Wildman–Crippen MR) is 78.1 cm³/mol. The molecule has 1 aromatic rings. The van der Waals surface area contributed by atoms with Gasteiger partial charge in [-0.15, -0.1) is 0 Å². The van der Waals surface area contributed by atoms with Crippen molar-refractivity contribution in [1.29, 1.82) is 0 Å². The van der Waals surface area contributed by atoms with Crippen molar-refractivity contribution >= 4 is 5.91 Å². The van der Waals surface area contributed by atoms with Crippen LogP contribution in [0, 0.1) is 5.92 Å². The van der Waals surface area contributed by atoms with Crippen LogP contribution in [0.3, 0.4) is 0 Å². The lowest BCUT2D eigenvalue weighted by molar-refractivity contribution is -0.135. The van der Waals surface area contributed by atoms with Crippen LogP contribution in [0.15, 0.2) is 12.1 Å². The third-order valence-corrected chi connectivity index (χ3v) is 3.82. The van der Waals surface area contributed by atoms with Crippen molar-refractivity contribution in [2.45, 2.75) is 33.2 Å². The third-order valence-electron chi connectivity index (χ3n) is 3.82. The molecule has 0 aromatic heterocycles. The molecule has 0 unspecified atom stereocenters. The SMILES string of the molecule is CCCN1Cc2cc(OC)c(OC)cc2C[C@H](C)C1=O. The maximum atomic E-state index is 12.4. The Morgan fingerprint density at radius 3 is 2.35 bits per heavy atom. The van der Waals surface area contributed by atoms with Crippen LogP contribution in [0.5, 0.6) is 11.5 Å². The Bertz CT molecular complexity index is 499. The van der Waals surface area contributed by atoms with E-state index < -0.39 is 0 Å². The van der Waals surface area contributed by atoms with E-state index >= 15 is 0 Å². The van der Waals surface area contributed by atoms with Gasteiger partial charge in [0.2, 0.25) is 5.91 Å². The Labute approximate surface area is 120 Å². The van der Waals surface area contributed by atoms with E-state index in [1.165, 1.54) is 5.56 Å². The normalized spacial score (nSPS) is 18.5. The lowest BCUT2D eigenvalue weighted by Crippen LogP contribution is -2.34. The van der Waals surface area contributed by atoms with Crippen LogP contribution < -0.4 is 9.47 Å². The molecule has 2 rings (SSSR count). The van der Waals surface area contributed by atoms with E-state index in [0.717, 1.165) is 36.4 Å². The van der Waals surface area contributed by atoms with Gasteiger partial charge in [-0.1, -0.05) is 13.8 Å². The maximum Gasteiger partial charge on any atom is 0.226 e. The summed E-state index contributed by atoms with van der Waals surface area (Å²) in [4.78, 5) is 14.3. The first-order valence-corrected chi connectivity index (χ1v) is 7.13. The Balaban J connectivity index is 2.42. The van der Waals surface area contributed by atoms with Crippen LogP contribution in [0.2, 0.25) is 0 Å². The summed E-state index contributed by atoms with van der Waals surface area (Å²) in [6.07, 6.45) is 1.73. The van der Waals surface area contributed by atoms with Crippen LogP contribution in [-0.2, 0) is 17.8 Å². The van der Waals surface area contributed by atoms with Gasteiger partial charge < -0.3 is 14.4 Å². The Morgan fingerprint density at radius 2 is 1.80 bits per heavy atom. The van der Waals surface area contributed by atoms with Gasteiger partial charge in [0.25, 0.3) is 0 Å². The van der Waals surface area contributed by atoms with Crippen molar-refractivity contribution in [1.82, 2.24) is 4.90 Å². The average Bonchev–Trinajstić information content (AvgIpc) is 2.56. The molecular weight excluding hydrogens is 254 g/mol. The number of hydrogen-bond acceptors (Lipinski definition) is 3. The molecule has 1 atom stereocenters. The molecule has 0 fully saturated rings. The molecular formula is C16H23NO3. The molecule has 0 saturated heterocycles. The first-order valence-electron chi connectivity index (χ1n) is 7.13. The summed E-state index contributed by atoms with van der Waals surface area (Å²) >= 11 is 0. The molecule has 1 amide bonds. The van der Waals surface area contributed by atoms with Gasteiger partial charge in [0.1, 0.15) is 0 Å². The van der Waals surface area contributed by atoms with E-state index in [4.69, 9.17) is 9.47 Å². The zero-order valence-electron chi connectivity index (χ0n) is 12.7. The monoisotopic (exact) mass is 277 g/mol. The number of ether oxygens (including phenoxy) is 2. The van der Waals surface area contributed by atoms with Gasteiger partial charge in [0, 0.05) is 19.0 Å². The standard InChI is InChI=1S/C16H23NO3/c1-5-6-17-10-13-9-15(20-4)14(19-3)8-12(13)7-11(2)16(17)18/h8-9,11H,5-7,10H2,1-4H3/t11-/m0/s1. The number of carbonyl (C=O) groups excluding carboxylic acids is 1. The highest BCUT2D eigenvalue weighted by Crippen LogP contribution is 2.34. The molecule has 20 heavy (non-hydrogen) atoms. The summed E-state index contributed by atoms with van der Waals surface area (Å²) in [5.41, 5.74) is 2.34. The maximum absolute atomic E-state index is 12.4. The van der Waals surface area contributed by atoms with Crippen LogP contribution in [0.1, 0.15) is 31.4 Å².